The van der Waals surface area contributed by atoms with Crippen molar-refractivity contribution in [3.8, 4) is 44.5 Å². The minimum Gasteiger partial charge on any atom is -0.455 e. The fraction of sp³-hybridized carbons (Fsp3) is 0. The number of nitrogens with zero attached hydrogens (tertiary/aromatic N) is 1. The Labute approximate surface area is 355 Å². The van der Waals surface area contributed by atoms with Crippen LogP contribution in [0.25, 0.3) is 88.0 Å². The minimum absolute atomic E-state index is 0.149. The quantitative estimate of drug-likeness (QED) is 0.161. The molecule has 2 nitrogen and oxygen atoms in total. The van der Waals surface area contributed by atoms with Crippen LogP contribution in [0.2, 0.25) is 0 Å². The molecule has 0 aliphatic rings. The van der Waals surface area contributed by atoms with Gasteiger partial charge >= 0.3 is 0 Å². The molecule has 2 heteroatoms. The molecule has 0 saturated carbocycles. The van der Waals surface area contributed by atoms with Crippen LogP contribution in [0.1, 0.15) is 17.8 Å². The van der Waals surface area contributed by atoms with Gasteiger partial charge in [0.2, 0.25) is 0 Å². The topological polar surface area (TPSA) is 16.4 Å². The summed E-state index contributed by atoms with van der Waals surface area (Å²) in [5.41, 5.74) is 3.62. The average molecular weight is 753 g/mol. The SMILES string of the molecule is [2H]c1c([2H])c([2H])c(-c2c([2H])c([2H])c(-c3c([2H])c([2H])c(N(c4ccc(-c5ccc6ccccc6c5)cc4)c4cccc(-c5cccc6oc7c8ccccc8ccc7c56)c4)c([2H])c3[2H])c([2H])c2[2H])c([2H])c1[2H]. The zero-order chi connectivity index (χ0) is 49.7. The van der Waals surface area contributed by atoms with Crippen molar-refractivity contribution in [2.45, 2.75) is 0 Å². The lowest BCUT2D eigenvalue weighted by Gasteiger charge is -2.26. The standard InChI is InChI=1S/C56H37NO/c1-2-10-38(11-3-1)40-20-22-41(23-21-40)42-26-31-48(32-27-42)57(49-33-28-43(29-34-49)46-25-24-39-12-4-5-14-45(39)36-46)50-16-8-15-47(37-50)51-18-9-19-54-55(51)53-35-30-44-13-6-7-17-52(44)56(53)58-54/h1-37H/i1D,2D,3D,10D,11D,20D,21D,22D,23D,26D,27D,31D,32D. The first-order valence-corrected chi connectivity index (χ1v) is 18.8. The molecule has 0 unspecified atom stereocenters. The number of hydrogen-bond donors (Lipinski definition) is 0. The fourth-order valence-corrected chi connectivity index (χ4v) is 7.67. The zero-order valence-corrected chi connectivity index (χ0v) is 30.7. The molecule has 1 heterocycles. The van der Waals surface area contributed by atoms with E-state index in [0.717, 1.165) is 60.2 Å². The second kappa shape index (κ2) is 14.1. The Bertz CT molecular complexity index is 3970. The molecule has 10 aromatic carbocycles. The maximum Gasteiger partial charge on any atom is 0.143 e. The molecule has 0 aliphatic carbocycles. The summed E-state index contributed by atoms with van der Waals surface area (Å²) in [6.07, 6.45) is 0. The highest BCUT2D eigenvalue weighted by molar-refractivity contribution is 6.19. The van der Waals surface area contributed by atoms with Crippen LogP contribution in [-0.2, 0) is 0 Å². The number of hydrogen-bond acceptors (Lipinski definition) is 2. The Balaban J connectivity index is 1.10. The van der Waals surface area contributed by atoms with E-state index in [2.05, 4.69) is 18.2 Å². The third-order valence-corrected chi connectivity index (χ3v) is 10.5. The summed E-state index contributed by atoms with van der Waals surface area (Å²) in [6.45, 7) is 0. The Morgan fingerprint density at radius 3 is 1.78 bits per heavy atom. The van der Waals surface area contributed by atoms with Crippen LogP contribution in [-0.4, -0.2) is 0 Å². The number of furan rings is 1. The molecule has 0 radical (unpaired) electrons. The van der Waals surface area contributed by atoms with E-state index in [-0.39, 0.29) is 5.69 Å². The molecule has 272 valence electrons. The molecule has 1 aromatic heterocycles. The van der Waals surface area contributed by atoms with E-state index in [9.17, 15) is 5.48 Å². The van der Waals surface area contributed by atoms with E-state index in [4.69, 9.17) is 16.8 Å². The number of benzene rings is 10. The van der Waals surface area contributed by atoms with E-state index in [1.807, 2.05) is 127 Å². The lowest BCUT2D eigenvalue weighted by molar-refractivity contribution is 0.673. The Hall–Kier alpha value is -7.68. The van der Waals surface area contributed by atoms with Crippen molar-refractivity contribution >= 4 is 60.5 Å². The Morgan fingerprint density at radius 1 is 0.362 bits per heavy atom. The monoisotopic (exact) mass is 752 g/mol. The van der Waals surface area contributed by atoms with Crippen molar-refractivity contribution in [2.75, 3.05) is 4.90 Å². The zero-order valence-electron chi connectivity index (χ0n) is 43.7. The van der Waals surface area contributed by atoms with E-state index in [1.54, 1.807) is 4.90 Å². The third-order valence-electron chi connectivity index (χ3n) is 10.5. The van der Waals surface area contributed by atoms with Gasteiger partial charge in [-0.05, 0) is 115 Å². The smallest absolute Gasteiger partial charge is 0.143 e. The van der Waals surface area contributed by atoms with Gasteiger partial charge in [0.05, 0.1) is 17.8 Å². The highest BCUT2D eigenvalue weighted by Crippen LogP contribution is 2.43. The molecule has 0 N–H and O–H groups in total. The van der Waals surface area contributed by atoms with E-state index in [0.29, 0.717) is 17.0 Å². The van der Waals surface area contributed by atoms with Crippen LogP contribution in [0.3, 0.4) is 0 Å². The first-order valence-electron chi connectivity index (χ1n) is 25.3. The molecule has 58 heavy (non-hydrogen) atoms. The molecule has 0 amide bonds. The van der Waals surface area contributed by atoms with Crippen molar-refractivity contribution in [1.82, 2.24) is 0 Å². The summed E-state index contributed by atoms with van der Waals surface area (Å²) in [5.74, 6) is 0. The van der Waals surface area contributed by atoms with Gasteiger partial charge in [-0.25, -0.2) is 0 Å². The molecule has 11 aromatic rings. The summed E-state index contributed by atoms with van der Waals surface area (Å²) in [7, 11) is 0. The molecule has 0 spiro atoms. The molecule has 0 saturated heterocycles. The predicted molar refractivity (Wildman–Crippen MR) is 245 cm³/mol. The highest BCUT2D eigenvalue weighted by atomic mass is 16.3. The van der Waals surface area contributed by atoms with Gasteiger partial charge in [0, 0.05) is 33.2 Å². The van der Waals surface area contributed by atoms with Crippen LogP contribution in [0.15, 0.2) is 229 Å². The molecular formula is C56H37NO. The number of fused-ring (bicyclic) bond motifs is 6. The van der Waals surface area contributed by atoms with Gasteiger partial charge in [0.15, 0.2) is 0 Å². The maximum absolute atomic E-state index is 9.65. The van der Waals surface area contributed by atoms with Gasteiger partial charge in [0.25, 0.3) is 0 Å². The Kier molecular flexibility index (Phi) is 5.54. The summed E-state index contributed by atoms with van der Waals surface area (Å²) in [5, 5.41) is 5.99. The lowest BCUT2D eigenvalue weighted by Crippen LogP contribution is -2.10. The van der Waals surface area contributed by atoms with Gasteiger partial charge in [-0.2, -0.15) is 0 Å². The summed E-state index contributed by atoms with van der Waals surface area (Å²) in [4.78, 5) is 1.63. The number of anilines is 3. The highest BCUT2D eigenvalue weighted by Gasteiger charge is 2.18. The van der Waals surface area contributed by atoms with Gasteiger partial charge in [-0.3, -0.25) is 0 Å². The molecular weight excluding hydrogens is 703 g/mol. The van der Waals surface area contributed by atoms with Crippen molar-refractivity contribution in [3.05, 3.63) is 224 Å². The summed E-state index contributed by atoms with van der Waals surface area (Å²) >= 11 is 0. The van der Waals surface area contributed by atoms with Crippen molar-refractivity contribution in [1.29, 1.82) is 0 Å². The predicted octanol–water partition coefficient (Wildman–Crippen LogP) is 16.0. The van der Waals surface area contributed by atoms with Gasteiger partial charge < -0.3 is 9.32 Å². The van der Waals surface area contributed by atoms with Crippen LogP contribution in [0, 0.1) is 0 Å². The Morgan fingerprint density at radius 2 is 1.00 bits per heavy atom. The second-order valence-corrected chi connectivity index (χ2v) is 13.9. The van der Waals surface area contributed by atoms with Crippen LogP contribution < -0.4 is 4.90 Å². The van der Waals surface area contributed by atoms with Crippen LogP contribution in [0.5, 0.6) is 0 Å². The molecule has 0 bridgehead atoms. The number of rotatable bonds is 7. The van der Waals surface area contributed by atoms with Crippen LogP contribution >= 0.6 is 0 Å². The molecule has 0 fully saturated rings. The van der Waals surface area contributed by atoms with Crippen LogP contribution in [0.4, 0.5) is 17.1 Å². The first kappa shape index (κ1) is 22.8. The second-order valence-electron chi connectivity index (χ2n) is 13.9. The largest absolute Gasteiger partial charge is 0.455 e. The molecule has 0 atom stereocenters. The van der Waals surface area contributed by atoms with Gasteiger partial charge in [-0.1, -0.05) is 170 Å². The lowest BCUT2D eigenvalue weighted by atomic mass is 9.97. The van der Waals surface area contributed by atoms with Crippen molar-refractivity contribution in [3.63, 3.8) is 0 Å². The molecule has 11 rings (SSSR count). The van der Waals surface area contributed by atoms with E-state index >= 15 is 0 Å². The maximum atomic E-state index is 9.65. The van der Waals surface area contributed by atoms with E-state index < -0.39 is 101 Å². The van der Waals surface area contributed by atoms with E-state index in [1.165, 1.54) is 0 Å². The summed E-state index contributed by atoms with van der Waals surface area (Å²) in [6, 6.07) is 38.2. The van der Waals surface area contributed by atoms with Gasteiger partial charge in [-0.15, -0.1) is 0 Å². The minimum atomic E-state index is -0.779. The summed E-state index contributed by atoms with van der Waals surface area (Å²) < 4.78 is 122. The first-order chi connectivity index (χ1) is 34.2. The fourth-order valence-electron chi connectivity index (χ4n) is 7.67. The third kappa shape index (κ3) is 6.00. The normalized spacial score (nSPS) is 14.6. The van der Waals surface area contributed by atoms with Gasteiger partial charge in [0.1, 0.15) is 11.2 Å². The average Bonchev–Trinajstić information content (AvgIpc) is 3.79. The van der Waals surface area contributed by atoms with Crippen molar-refractivity contribution in [2.24, 2.45) is 0 Å². The van der Waals surface area contributed by atoms with Crippen molar-refractivity contribution < 1.29 is 22.2 Å². The molecule has 0 aliphatic heterocycles.